The minimum Gasteiger partial charge on any atom is -0.495 e. The lowest BCUT2D eigenvalue weighted by molar-refractivity contribution is 0.416. The van der Waals surface area contributed by atoms with Gasteiger partial charge in [0.05, 0.1) is 41.3 Å². The van der Waals surface area contributed by atoms with Crippen LogP contribution >= 0.6 is 11.6 Å². The van der Waals surface area contributed by atoms with Crippen LogP contribution in [-0.2, 0) is 0 Å². The summed E-state index contributed by atoms with van der Waals surface area (Å²) < 4.78 is 5.21. The third-order valence-electron chi connectivity index (χ3n) is 2.45. The number of nitrogens with zero attached hydrogens (tertiary/aromatic N) is 2. The smallest absolute Gasteiger partial charge is 0.149 e. The molecule has 0 fully saturated rings. The second-order valence-electron chi connectivity index (χ2n) is 3.75. The fraction of sp³-hybridized carbons (Fsp3) is 0.0769. The Labute approximate surface area is 115 Å². The van der Waals surface area contributed by atoms with E-state index >= 15 is 0 Å². The molecule has 1 aromatic heterocycles. The molecule has 0 aliphatic carbocycles. The molecule has 1 heterocycles. The Bertz CT molecular complexity index is 652. The van der Waals surface area contributed by atoms with Crippen molar-refractivity contribution in [1.29, 1.82) is 5.26 Å². The lowest BCUT2D eigenvalue weighted by Gasteiger charge is -2.12. The summed E-state index contributed by atoms with van der Waals surface area (Å²) in [5.41, 5.74) is 7.25. The Balaban J connectivity index is 2.35. The van der Waals surface area contributed by atoms with E-state index in [0.717, 1.165) is 0 Å². The van der Waals surface area contributed by atoms with E-state index in [-0.39, 0.29) is 0 Å². The van der Waals surface area contributed by atoms with Gasteiger partial charge < -0.3 is 15.8 Å². The number of benzene rings is 1. The van der Waals surface area contributed by atoms with Crippen LogP contribution in [0.25, 0.3) is 0 Å². The zero-order valence-electron chi connectivity index (χ0n) is 10.1. The highest BCUT2D eigenvalue weighted by Crippen LogP contribution is 2.31. The van der Waals surface area contributed by atoms with Crippen molar-refractivity contribution in [3.63, 3.8) is 0 Å². The number of aromatic nitrogens is 1. The molecule has 0 saturated heterocycles. The molecule has 2 rings (SSSR count). The highest BCUT2D eigenvalue weighted by Gasteiger charge is 2.08. The van der Waals surface area contributed by atoms with E-state index in [2.05, 4.69) is 10.3 Å². The zero-order valence-corrected chi connectivity index (χ0v) is 10.9. The van der Waals surface area contributed by atoms with Crippen molar-refractivity contribution in [2.24, 2.45) is 0 Å². The van der Waals surface area contributed by atoms with Crippen molar-refractivity contribution in [2.75, 3.05) is 18.2 Å². The highest BCUT2D eigenvalue weighted by atomic mass is 35.5. The molecule has 0 aliphatic heterocycles. The summed E-state index contributed by atoms with van der Waals surface area (Å²) >= 11 is 6.04. The van der Waals surface area contributed by atoms with Crippen LogP contribution in [0, 0.1) is 11.3 Å². The molecule has 0 spiro atoms. The maximum Gasteiger partial charge on any atom is 0.149 e. The van der Waals surface area contributed by atoms with Crippen LogP contribution in [0.1, 0.15) is 5.56 Å². The molecule has 0 amide bonds. The third kappa shape index (κ3) is 2.87. The molecule has 19 heavy (non-hydrogen) atoms. The number of ether oxygens (including phenoxy) is 1. The standard InChI is InChI=1S/C13H11ClN4O/c1-19-12-4-8(6-15)2-3-11(12)18-13-10(14)5-9(16)7-17-13/h2-5,7H,16H2,1H3,(H,17,18). The van der Waals surface area contributed by atoms with E-state index in [9.17, 15) is 0 Å². The predicted molar refractivity (Wildman–Crippen MR) is 74.7 cm³/mol. The summed E-state index contributed by atoms with van der Waals surface area (Å²) in [5, 5.41) is 12.3. The Hall–Kier alpha value is -2.45. The number of nitriles is 1. The van der Waals surface area contributed by atoms with Gasteiger partial charge in [0.2, 0.25) is 0 Å². The average Bonchev–Trinajstić information content (AvgIpc) is 2.42. The van der Waals surface area contributed by atoms with E-state index in [4.69, 9.17) is 27.3 Å². The predicted octanol–water partition coefficient (Wildman–Crippen LogP) is 2.94. The van der Waals surface area contributed by atoms with Crippen molar-refractivity contribution in [3.05, 3.63) is 41.0 Å². The normalized spacial score (nSPS) is 9.74. The van der Waals surface area contributed by atoms with Gasteiger partial charge >= 0.3 is 0 Å². The second kappa shape index (κ2) is 5.46. The van der Waals surface area contributed by atoms with Crippen molar-refractivity contribution in [3.8, 4) is 11.8 Å². The molecule has 2 aromatic rings. The van der Waals surface area contributed by atoms with E-state index in [0.29, 0.717) is 33.5 Å². The van der Waals surface area contributed by atoms with Crippen LogP contribution in [0.15, 0.2) is 30.5 Å². The maximum atomic E-state index is 8.84. The molecule has 0 unspecified atom stereocenters. The number of rotatable bonds is 3. The molecular formula is C13H11ClN4O. The molecule has 6 heteroatoms. The van der Waals surface area contributed by atoms with Gasteiger partial charge in [-0.3, -0.25) is 0 Å². The molecule has 0 radical (unpaired) electrons. The van der Waals surface area contributed by atoms with E-state index in [1.807, 2.05) is 6.07 Å². The number of nitrogen functional groups attached to an aromatic ring is 1. The van der Waals surface area contributed by atoms with Crippen molar-refractivity contribution >= 4 is 28.8 Å². The number of nitrogens with one attached hydrogen (secondary N) is 1. The van der Waals surface area contributed by atoms with E-state index in [1.54, 1.807) is 24.3 Å². The molecule has 3 N–H and O–H groups in total. The van der Waals surface area contributed by atoms with Gasteiger partial charge in [-0.2, -0.15) is 5.26 Å². The number of hydrogen-bond acceptors (Lipinski definition) is 5. The summed E-state index contributed by atoms with van der Waals surface area (Å²) in [6, 6.07) is 8.69. The van der Waals surface area contributed by atoms with E-state index < -0.39 is 0 Å². The van der Waals surface area contributed by atoms with Crippen molar-refractivity contribution < 1.29 is 4.74 Å². The van der Waals surface area contributed by atoms with Gasteiger partial charge in [-0.05, 0) is 18.2 Å². The quantitative estimate of drug-likeness (QED) is 0.899. The number of anilines is 3. The number of hydrogen-bond donors (Lipinski definition) is 2. The summed E-state index contributed by atoms with van der Waals surface area (Å²) in [6.45, 7) is 0. The van der Waals surface area contributed by atoms with Crippen molar-refractivity contribution in [1.82, 2.24) is 4.98 Å². The Morgan fingerprint density at radius 2 is 2.21 bits per heavy atom. The van der Waals surface area contributed by atoms with Crippen LogP contribution in [0.3, 0.4) is 0 Å². The van der Waals surface area contributed by atoms with Crippen LogP contribution in [0.2, 0.25) is 5.02 Å². The zero-order chi connectivity index (χ0) is 13.8. The lowest BCUT2D eigenvalue weighted by atomic mass is 10.2. The molecule has 0 aliphatic rings. The lowest BCUT2D eigenvalue weighted by Crippen LogP contribution is -1.98. The number of nitrogens with two attached hydrogens (primary N) is 1. The van der Waals surface area contributed by atoms with Gasteiger partial charge in [0.1, 0.15) is 11.6 Å². The number of pyridine rings is 1. The third-order valence-corrected chi connectivity index (χ3v) is 2.73. The maximum absolute atomic E-state index is 8.84. The van der Waals surface area contributed by atoms with Gasteiger partial charge in [0, 0.05) is 6.07 Å². The minimum absolute atomic E-state index is 0.409. The summed E-state index contributed by atoms with van der Waals surface area (Å²) in [5.74, 6) is 1.01. The first-order valence-corrected chi connectivity index (χ1v) is 5.78. The average molecular weight is 275 g/mol. The topological polar surface area (TPSA) is 84.0 Å². The monoisotopic (exact) mass is 274 g/mol. The van der Waals surface area contributed by atoms with Crippen LogP contribution in [0.5, 0.6) is 5.75 Å². The van der Waals surface area contributed by atoms with Gasteiger partial charge in [0.15, 0.2) is 0 Å². The molecule has 5 nitrogen and oxygen atoms in total. The molecule has 1 aromatic carbocycles. The number of methoxy groups -OCH3 is 1. The summed E-state index contributed by atoms with van der Waals surface area (Å²) in [6.07, 6.45) is 1.50. The van der Waals surface area contributed by atoms with Crippen molar-refractivity contribution in [2.45, 2.75) is 0 Å². The molecule has 0 atom stereocenters. The Morgan fingerprint density at radius 1 is 1.42 bits per heavy atom. The fourth-order valence-electron chi connectivity index (χ4n) is 1.54. The molecule has 0 saturated carbocycles. The van der Waals surface area contributed by atoms with Crippen LogP contribution in [0.4, 0.5) is 17.2 Å². The Kier molecular flexibility index (Phi) is 3.74. The first kappa shape index (κ1) is 13.0. The second-order valence-corrected chi connectivity index (χ2v) is 4.16. The van der Waals surface area contributed by atoms with Crippen LogP contribution in [-0.4, -0.2) is 12.1 Å². The fourth-order valence-corrected chi connectivity index (χ4v) is 1.76. The van der Waals surface area contributed by atoms with Gasteiger partial charge in [0.25, 0.3) is 0 Å². The first-order chi connectivity index (χ1) is 9.13. The Morgan fingerprint density at radius 3 is 2.84 bits per heavy atom. The first-order valence-electron chi connectivity index (χ1n) is 5.40. The number of halogens is 1. The molecule has 0 bridgehead atoms. The summed E-state index contributed by atoms with van der Waals surface area (Å²) in [4.78, 5) is 4.10. The largest absolute Gasteiger partial charge is 0.495 e. The van der Waals surface area contributed by atoms with Crippen LogP contribution < -0.4 is 15.8 Å². The van der Waals surface area contributed by atoms with E-state index in [1.165, 1.54) is 13.3 Å². The summed E-state index contributed by atoms with van der Waals surface area (Å²) in [7, 11) is 1.53. The van der Waals surface area contributed by atoms with Gasteiger partial charge in [-0.15, -0.1) is 0 Å². The van der Waals surface area contributed by atoms with Gasteiger partial charge in [-0.1, -0.05) is 11.6 Å². The van der Waals surface area contributed by atoms with Gasteiger partial charge in [-0.25, -0.2) is 4.98 Å². The molecule has 96 valence electrons. The minimum atomic E-state index is 0.409. The molecular weight excluding hydrogens is 264 g/mol. The SMILES string of the molecule is COc1cc(C#N)ccc1Nc1ncc(N)cc1Cl. The highest BCUT2D eigenvalue weighted by molar-refractivity contribution is 6.33.